The molecule has 0 aliphatic carbocycles. The first-order valence-electron chi connectivity index (χ1n) is 9.55. The molecule has 6 nitrogen and oxygen atoms in total. The van der Waals surface area contributed by atoms with Gasteiger partial charge in [-0.3, -0.25) is 9.59 Å². The predicted octanol–water partition coefficient (Wildman–Crippen LogP) is 2.95. The normalized spacial score (nSPS) is 17.0. The van der Waals surface area contributed by atoms with E-state index in [1.165, 1.54) is 0 Å². The molecule has 0 bridgehead atoms. The summed E-state index contributed by atoms with van der Waals surface area (Å²) in [6.45, 7) is 4.44. The number of hydrogen-bond acceptors (Lipinski definition) is 4. The summed E-state index contributed by atoms with van der Waals surface area (Å²) in [4.78, 5) is 34.6. The van der Waals surface area contributed by atoms with Gasteiger partial charge in [0.05, 0.1) is 19.6 Å². The summed E-state index contributed by atoms with van der Waals surface area (Å²) < 4.78 is 5.33. The summed E-state index contributed by atoms with van der Waals surface area (Å²) in [5.74, 6) is 1.42. The molecule has 0 radical (unpaired) electrons. The molecule has 1 fully saturated rings. The van der Waals surface area contributed by atoms with Gasteiger partial charge in [0.1, 0.15) is 11.6 Å². The Morgan fingerprint density at radius 2 is 2.19 bits per heavy atom. The van der Waals surface area contributed by atoms with Gasteiger partial charge in [-0.05, 0) is 43.9 Å². The van der Waals surface area contributed by atoms with Gasteiger partial charge in [0.15, 0.2) is 0 Å². The second-order valence-corrected chi connectivity index (χ2v) is 6.98. The molecular formula is C21H27N3O3. The van der Waals surface area contributed by atoms with Gasteiger partial charge < -0.3 is 14.6 Å². The van der Waals surface area contributed by atoms with Crippen LogP contribution >= 0.6 is 0 Å². The number of likely N-dealkylation sites (tertiary alicyclic amines) is 1. The molecule has 0 spiro atoms. The lowest BCUT2D eigenvalue weighted by Crippen LogP contribution is -2.40. The molecule has 2 heterocycles. The van der Waals surface area contributed by atoms with E-state index in [4.69, 9.17) is 4.74 Å². The van der Waals surface area contributed by atoms with Crippen molar-refractivity contribution in [3.63, 3.8) is 0 Å². The van der Waals surface area contributed by atoms with Crippen molar-refractivity contribution in [3.05, 3.63) is 57.3 Å². The topological polar surface area (TPSA) is 75.3 Å². The molecule has 1 amide bonds. The van der Waals surface area contributed by atoms with Crippen LogP contribution in [0.5, 0.6) is 5.75 Å². The van der Waals surface area contributed by atoms with Crippen LogP contribution in [0.2, 0.25) is 0 Å². The second-order valence-electron chi connectivity index (χ2n) is 6.98. The SMILES string of the molecule is CCc1nc(C)c(CC(=O)N2CCCCC2c2cccc(OC)c2)c(=O)[nH]1. The number of H-pyrrole nitrogens is 1. The van der Waals surface area contributed by atoms with Crippen LogP contribution in [-0.4, -0.2) is 34.4 Å². The van der Waals surface area contributed by atoms with Crippen LogP contribution in [0, 0.1) is 6.92 Å². The molecule has 1 saturated heterocycles. The molecule has 0 saturated carbocycles. The Morgan fingerprint density at radius 3 is 2.89 bits per heavy atom. The van der Waals surface area contributed by atoms with E-state index in [-0.39, 0.29) is 23.9 Å². The number of amides is 1. The number of carbonyl (C=O) groups is 1. The number of piperidine rings is 1. The summed E-state index contributed by atoms with van der Waals surface area (Å²) >= 11 is 0. The van der Waals surface area contributed by atoms with Gasteiger partial charge in [0.25, 0.3) is 5.56 Å². The van der Waals surface area contributed by atoms with E-state index in [1.54, 1.807) is 14.0 Å². The zero-order valence-electron chi connectivity index (χ0n) is 16.2. The third kappa shape index (κ3) is 4.21. The minimum Gasteiger partial charge on any atom is -0.497 e. The number of methoxy groups -OCH3 is 1. The molecule has 1 unspecified atom stereocenters. The lowest BCUT2D eigenvalue weighted by molar-refractivity contribution is -0.134. The highest BCUT2D eigenvalue weighted by atomic mass is 16.5. The van der Waals surface area contributed by atoms with Crippen LogP contribution in [0.15, 0.2) is 29.1 Å². The Bertz CT molecular complexity index is 875. The van der Waals surface area contributed by atoms with Gasteiger partial charge >= 0.3 is 0 Å². The standard InChI is InChI=1S/C21H27N3O3/c1-4-19-22-14(2)17(21(26)23-19)13-20(25)24-11-6-5-10-18(24)15-8-7-9-16(12-15)27-3/h7-9,12,18H,4-6,10-11,13H2,1-3H3,(H,22,23,26). The number of hydrogen-bond donors (Lipinski definition) is 1. The first kappa shape index (κ1) is 19.1. The molecule has 2 aromatic rings. The Balaban J connectivity index is 1.85. The first-order valence-corrected chi connectivity index (χ1v) is 9.55. The molecule has 27 heavy (non-hydrogen) atoms. The highest BCUT2D eigenvalue weighted by Crippen LogP contribution is 2.33. The van der Waals surface area contributed by atoms with Crippen LogP contribution < -0.4 is 10.3 Å². The first-order chi connectivity index (χ1) is 13.0. The maximum atomic E-state index is 13.1. The van der Waals surface area contributed by atoms with Crippen molar-refractivity contribution in [2.24, 2.45) is 0 Å². The number of aromatic nitrogens is 2. The summed E-state index contributed by atoms with van der Waals surface area (Å²) in [6, 6.07) is 7.90. The third-order valence-corrected chi connectivity index (χ3v) is 5.24. The summed E-state index contributed by atoms with van der Waals surface area (Å²) in [7, 11) is 1.64. The van der Waals surface area contributed by atoms with Gasteiger partial charge in [-0.15, -0.1) is 0 Å². The largest absolute Gasteiger partial charge is 0.497 e. The van der Waals surface area contributed by atoms with Crippen molar-refractivity contribution in [2.45, 2.75) is 52.0 Å². The van der Waals surface area contributed by atoms with Gasteiger partial charge in [-0.25, -0.2) is 4.98 Å². The zero-order valence-corrected chi connectivity index (χ0v) is 16.2. The third-order valence-electron chi connectivity index (χ3n) is 5.24. The number of aryl methyl sites for hydroxylation is 2. The number of nitrogens with one attached hydrogen (secondary N) is 1. The van der Waals surface area contributed by atoms with Crippen molar-refractivity contribution in [1.29, 1.82) is 0 Å². The molecule has 1 aromatic carbocycles. The van der Waals surface area contributed by atoms with Crippen LogP contribution in [0.25, 0.3) is 0 Å². The molecule has 1 N–H and O–H groups in total. The smallest absolute Gasteiger partial charge is 0.254 e. The van der Waals surface area contributed by atoms with Gasteiger partial charge in [-0.1, -0.05) is 19.1 Å². The average molecular weight is 369 g/mol. The van der Waals surface area contributed by atoms with Crippen molar-refractivity contribution >= 4 is 5.91 Å². The highest BCUT2D eigenvalue weighted by Gasteiger charge is 2.29. The number of carbonyl (C=O) groups excluding carboxylic acids is 1. The van der Waals surface area contributed by atoms with E-state index >= 15 is 0 Å². The fourth-order valence-electron chi connectivity index (χ4n) is 3.72. The van der Waals surface area contributed by atoms with Gasteiger partial charge in [-0.2, -0.15) is 0 Å². The second kappa shape index (κ2) is 8.37. The van der Waals surface area contributed by atoms with E-state index in [0.717, 1.165) is 30.6 Å². The Hall–Kier alpha value is -2.63. The minimum absolute atomic E-state index is 0.0172. The lowest BCUT2D eigenvalue weighted by atomic mass is 9.94. The Kier molecular flexibility index (Phi) is 5.94. The van der Waals surface area contributed by atoms with Crippen molar-refractivity contribution in [1.82, 2.24) is 14.9 Å². The van der Waals surface area contributed by atoms with Crippen LogP contribution in [-0.2, 0) is 17.6 Å². The van der Waals surface area contributed by atoms with E-state index in [9.17, 15) is 9.59 Å². The van der Waals surface area contributed by atoms with Crippen LogP contribution in [0.4, 0.5) is 0 Å². The lowest BCUT2D eigenvalue weighted by Gasteiger charge is -2.36. The number of aromatic amines is 1. The maximum Gasteiger partial charge on any atom is 0.254 e. The predicted molar refractivity (Wildman–Crippen MR) is 104 cm³/mol. The average Bonchev–Trinajstić information content (AvgIpc) is 2.70. The molecule has 3 rings (SSSR count). The van der Waals surface area contributed by atoms with Gasteiger partial charge in [0, 0.05) is 24.2 Å². The van der Waals surface area contributed by atoms with Crippen molar-refractivity contribution in [2.75, 3.05) is 13.7 Å². The van der Waals surface area contributed by atoms with E-state index in [1.807, 2.05) is 36.1 Å². The van der Waals surface area contributed by atoms with Crippen molar-refractivity contribution in [3.8, 4) is 5.75 Å². The summed E-state index contributed by atoms with van der Waals surface area (Å²) in [5.41, 5.74) is 1.97. The molecule has 1 aromatic heterocycles. The monoisotopic (exact) mass is 369 g/mol. The number of benzene rings is 1. The highest BCUT2D eigenvalue weighted by molar-refractivity contribution is 5.79. The number of nitrogens with zero attached hydrogens (tertiary/aromatic N) is 2. The van der Waals surface area contributed by atoms with E-state index in [2.05, 4.69) is 9.97 Å². The Labute approximate surface area is 159 Å². The van der Waals surface area contributed by atoms with Crippen molar-refractivity contribution < 1.29 is 9.53 Å². The zero-order chi connectivity index (χ0) is 19.4. The number of rotatable bonds is 5. The van der Waals surface area contributed by atoms with E-state index < -0.39 is 0 Å². The summed E-state index contributed by atoms with van der Waals surface area (Å²) in [6.07, 6.45) is 3.72. The molecular weight excluding hydrogens is 342 g/mol. The maximum absolute atomic E-state index is 13.1. The van der Waals surface area contributed by atoms with Crippen LogP contribution in [0.3, 0.4) is 0 Å². The quantitative estimate of drug-likeness (QED) is 0.879. The number of ether oxygens (including phenoxy) is 1. The van der Waals surface area contributed by atoms with Gasteiger partial charge in [0.2, 0.25) is 5.91 Å². The fourth-order valence-corrected chi connectivity index (χ4v) is 3.72. The molecule has 6 heteroatoms. The summed E-state index contributed by atoms with van der Waals surface area (Å²) in [5, 5.41) is 0. The Morgan fingerprint density at radius 1 is 1.37 bits per heavy atom. The van der Waals surface area contributed by atoms with E-state index in [0.29, 0.717) is 30.0 Å². The molecule has 144 valence electrons. The molecule has 1 aliphatic heterocycles. The van der Waals surface area contributed by atoms with Crippen LogP contribution in [0.1, 0.15) is 54.9 Å². The molecule has 1 atom stereocenters. The minimum atomic E-state index is -0.206. The molecule has 1 aliphatic rings. The fraction of sp³-hybridized carbons (Fsp3) is 0.476.